The number of likely N-dealkylation sites (tertiary alicyclic amines) is 1. The van der Waals surface area contributed by atoms with E-state index < -0.39 is 0 Å². The fourth-order valence-corrected chi connectivity index (χ4v) is 4.05. The number of nitrogens with zero attached hydrogens (tertiary/aromatic N) is 2. The van der Waals surface area contributed by atoms with Gasteiger partial charge in [-0.1, -0.05) is 19.3 Å². The summed E-state index contributed by atoms with van der Waals surface area (Å²) in [6.45, 7) is 7.71. The minimum Gasteiger partial charge on any atom is -0.469 e. The van der Waals surface area contributed by atoms with E-state index in [1.165, 1.54) is 38.5 Å². The molecule has 3 rings (SSSR count). The normalized spacial score (nSPS) is 22.1. The topological polar surface area (TPSA) is 50.0 Å². The van der Waals surface area contributed by atoms with Crippen LogP contribution >= 0.6 is 0 Å². The Labute approximate surface area is 158 Å². The van der Waals surface area contributed by atoms with Gasteiger partial charge in [0.05, 0.1) is 12.9 Å². The molecule has 0 radical (unpaired) electrons. The van der Waals surface area contributed by atoms with Gasteiger partial charge in [0.2, 0.25) is 0 Å². The highest BCUT2D eigenvalue weighted by Crippen LogP contribution is 2.24. The maximum absolute atomic E-state index is 5.63. The second-order valence-corrected chi connectivity index (χ2v) is 7.68. The zero-order valence-electron chi connectivity index (χ0n) is 16.3. The quantitative estimate of drug-likeness (QED) is 0.566. The molecule has 1 saturated carbocycles. The smallest absolute Gasteiger partial charge is 0.193 e. The van der Waals surface area contributed by atoms with Crippen LogP contribution in [0.15, 0.2) is 27.8 Å². The number of guanidine groups is 1. The summed E-state index contributed by atoms with van der Waals surface area (Å²) in [7, 11) is 0. The molecule has 1 unspecified atom stereocenters. The molecule has 1 aliphatic carbocycles. The van der Waals surface area contributed by atoms with Crippen LogP contribution in [0.3, 0.4) is 0 Å². The highest BCUT2D eigenvalue weighted by atomic mass is 16.5. The van der Waals surface area contributed by atoms with Crippen molar-refractivity contribution in [3.63, 3.8) is 0 Å². The minimum atomic E-state index is 0.627. The summed E-state index contributed by atoms with van der Waals surface area (Å²) in [6, 6.07) is 3.99. The van der Waals surface area contributed by atoms with Gasteiger partial charge in [-0.15, -0.1) is 0 Å². The zero-order chi connectivity index (χ0) is 18.0. The van der Waals surface area contributed by atoms with Gasteiger partial charge in [-0.3, -0.25) is 4.99 Å². The van der Waals surface area contributed by atoms with Gasteiger partial charge in [0, 0.05) is 45.1 Å². The number of hydrogen-bond donors (Lipinski definition) is 1. The van der Waals surface area contributed by atoms with Gasteiger partial charge in [0.1, 0.15) is 5.76 Å². The van der Waals surface area contributed by atoms with Gasteiger partial charge in [-0.05, 0) is 44.2 Å². The molecule has 1 aromatic rings. The number of rotatable bonds is 8. The van der Waals surface area contributed by atoms with E-state index in [2.05, 4.69) is 17.1 Å². The number of aliphatic imine (C=N–C) groups is 1. The monoisotopic (exact) mass is 361 g/mol. The molecule has 0 amide bonds. The second-order valence-electron chi connectivity index (χ2n) is 7.68. The van der Waals surface area contributed by atoms with E-state index in [0.717, 1.165) is 63.5 Å². The first-order valence-electron chi connectivity index (χ1n) is 10.5. The Kier molecular flexibility index (Phi) is 7.87. The molecular formula is C21H35N3O2. The summed E-state index contributed by atoms with van der Waals surface area (Å²) < 4.78 is 11.1. The Balaban J connectivity index is 1.53. The maximum Gasteiger partial charge on any atom is 0.193 e. The predicted molar refractivity (Wildman–Crippen MR) is 105 cm³/mol. The van der Waals surface area contributed by atoms with Crippen LogP contribution in [-0.2, 0) is 11.2 Å². The average Bonchev–Trinajstić information content (AvgIpc) is 3.35. The van der Waals surface area contributed by atoms with Gasteiger partial charge >= 0.3 is 0 Å². The lowest BCUT2D eigenvalue weighted by Crippen LogP contribution is -2.41. The molecule has 1 aliphatic heterocycles. The van der Waals surface area contributed by atoms with Gasteiger partial charge in [0.25, 0.3) is 0 Å². The molecular weight excluding hydrogens is 326 g/mol. The van der Waals surface area contributed by atoms with E-state index in [1.54, 1.807) is 6.26 Å². The fraction of sp³-hybridized carbons (Fsp3) is 0.762. The standard InChI is InChI=1S/C21H35N3O2/c1-2-25-17-19-11-13-24(16-19)21(22-12-10-20-9-6-14-26-20)23-15-18-7-4-3-5-8-18/h6,9,14,18-19H,2-5,7-8,10-13,15-17H2,1H3,(H,22,23). The van der Waals surface area contributed by atoms with Crippen LogP contribution in [0.4, 0.5) is 0 Å². The Morgan fingerprint density at radius 2 is 2.15 bits per heavy atom. The predicted octanol–water partition coefficient (Wildman–Crippen LogP) is 3.71. The van der Waals surface area contributed by atoms with Gasteiger partial charge in [-0.25, -0.2) is 0 Å². The molecule has 1 N–H and O–H groups in total. The molecule has 0 bridgehead atoms. The molecule has 26 heavy (non-hydrogen) atoms. The summed E-state index contributed by atoms with van der Waals surface area (Å²) in [6.07, 6.45) is 10.7. The molecule has 1 aromatic heterocycles. The number of furan rings is 1. The molecule has 2 heterocycles. The van der Waals surface area contributed by atoms with Crippen LogP contribution in [0.1, 0.15) is 51.2 Å². The third-order valence-electron chi connectivity index (χ3n) is 5.60. The summed E-state index contributed by atoms with van der Waals surface area (Å²) in [5.41, 5.74) is 0. The third kappa shape index (κ3) is 6.04. The molecule has 2 aliphatic rings. The van der Waals surface area contributed by atoms with Crippen molar-refractivity contribution in [2.75, 3.05) is 39.4 Å². The average molecular weight is 362 g/mol. The van der Waals surface area contributed by atoms with Crippen LogP contribution in [-0.4, -0.2) is 50.3 Å². The van der Waals surface area contributed by atoms with Crippen LogP contribution in [0.2, 0.25) is 0 Å². The van der Waals surface area contributed by atoms with Gasteiger partial charge in [-0.2, -0.15) is 0 Å². The summed E-state index contributed by atoms with van der Waals surface area (Å²) in [5, 5.41) is 3.59. The molecule has 5 nitrogen and oxygen atoms in total. The van der Waals surface area contributed by atoms with E-state index in [9.17, 15) is 0 Å². The molecule has 2 fully saturated rings. The summed E-state index contributed by atoms with van der Waals surface area (Å²) >= 11 is 0. The van der Waals surface area contributed by atoms with Crippen LogP contribution in [0.5, 0.6) is 0 Å². The highest BCUT2D eigenvalue weighted by Gasteiger charge is 2.25. The summed E-state index contributed by atoms with van der Waals surface area (Å²) in [4.78, 5) is 7.45. The first kappa shape index (κ1) is 19.3. The van der Waals surface area contributed by atoms with Crippen LogP contribution in [0.25, 0.3) is 0 Å². The van der Waals surface area contributed by atoms with Crippen molar-refractivity contribution in [2.45, 2.75) is 51.9 Å². The Morgan fingerprint density at radius 3 is 2.92 bits per heavy atom. The zero-order valence-corrected chi connectivity index (χ0v) is 16.3. The van der Waals surface area contributed by atoms with E-state index in [1.807, 2.05) is 12.1 Å². The van der Waals surface area contributed by atoms with Crippen LogP contribution < -0.4 is 5.32 Å². The lowest BCUT2D eigenvalue weighted by atomic mass is 9.89. The van der Waals surface area contributed by atoms with Crippen molar-refractivity contribution < 1.29 is 9.15 Å². The van der Waals surface area contributed by atoms with E-state index in [-0.39, 0.29) is 0 Å². The largest absolute Gasteiger partial charge is 0.469 e. The van der Waals surface area contributed by atoms with Gasteiger partial charge in [0.15, 0.2) is 5.96 Å². The van der Waals surface area contributed by atoms with E-state index >= 15 is 0 Å². The molecule has 0 aromatic carbocycles. The molecule has 1 atom stereocenters. The van der Waals surface area contributed by atoms with E-state index in [0.29, 0.717) is 5.92 Å². The maximum atomic E-state index is 5.63. The van der Waals surface area contributed by atoms with Crippen molar-refractivity contribution in [3.8, 4) is 0 Å². The van der Waals surface area contributed by atoms with Gasteiger partial charge < -0.3 is 19.4 Å². The molecule has 1 saturated heterocycles. The van der Waals surface area contributed by atoms with Crippen molar-refractivity contribution in [2.24, 2.45) is 16.8 Å². The fourth-order valence-electron chi connectivity index (χ4n) is 4.05. The summed E-state index contributed by atoms with van der Waals surface area (Å²) in [5.74, 6) is 3.51. The third-order valence-corrected chi connectivity index (χ3v) is 5.60. The number of ether oxygens (including phenoxy) is 1. The second kappa shape index (κ2) is 10.6. The van der Waals surface area contributed by atoms with Crippen molar-refractivity contribution in [3.05, 3.63) is 24.2 Å². The van der Waals surface area contributed by atoms with Crippen molar-refractivity contribution in [1.82, 2.24) is 10.2 Å². The van der Waals surface area contributed by atoms with Crippen molar-refractivity contribution in [1.29, 1.82) is 0 Å². The first-order chi connectivity index (χ1) is 12.8. The molecule has 5 heteroatoms. The molecule has 146 valence electrons. The Morgan fingerprint density at radius 1 is 1.27 bits per heavy atom. The lowest BCUT2D eigenvalue weighted by molar-refractivity contribution is 0.114. The first-order valence-corrected chi connectivity index (χ1v) is 10.5. The minimum absolute atomic E-state index is 0.627. The number of nitrogens with one attached hydrogen (secondary N) is 1. The van der Waals surface area contributed by atoms with E-state index in [4.69, 9.17) is 14.1 Å². The van der Waals surface area contributed by atoms with Crippen molar-refractivity contribution >= 4 is 5.96 Å². The SMILES string of the molecule is CCOCC1CCN(C(=NCC2CCCCC2)NCCc2ccco2)C1. The lowest BCUT2D eigenvalue weighted by Gasteiger charge is -2.24. The molecule has 0 spiro atoms. The Bertz CT molecular complexity index is 523. The highest BCUT2D eigenvalue weighted by molar-refractivity contribution is 5.80. The Hall–Kier alpha value is -1.49. The number of hydrogen-bond acceptors (Lipinski definition) is 3. The van der Waals surface area contributed by atoms with Crippen LogP contribution in [0, 0.1) is 11.8 Å².